The van der Waals surface area contributed by atoms with Gasteiger partial charge in [-0.25, -0.2) is 4.39 Å². The van der Waals surface area contributed by atoms with Gasteiger partial charge >= 0.3 is 5.97 Å². The standard InChI is InChI=1S/C14H15BrFNO3/c1-7-5-10(15)11(16)6-9(7)8(2)17-12(18)14(3-4-14)13(19)20/h5-6,8H,3-4H2,1-2H3,(H,17,18)(H,19,20)/t8-/m0/s1. The molecule has 0 aliphatic heterocycles. The molecule has 2 N–H and O–H groups in total. The van der Waals surface area contributed by atoms with E-state index in [1.165, 1.54) is 6.07 Å². The second kappa shape index (κ2) is 5.16. The molecule has 1 aliphatic carbocycles. The normalized spacial score (nSPS) is 17.4. The van der Waals surface area contributed by atoms with Crippen LogP contribution in [0.2, 0.25) is 0 Å². The lowest BCUT2D eigenvalue weighted by atomic mass is 10.0. The number of hydrogen-bond acceptors (Lipinski definition) is 2. The number of carboxylic acids is 1. The Morgan fingerprint density at radius 2 is 2.05 bits per heavy atom. The molecule has 108 valence electrons. The number of nitrogens with one attached hydrogen (secondary N) is 1. The second-order valence-corrected chi connectivity index (χ2v) is 6.06. The molecule has 0 heterocycles. The molecule has 2 rings (SSSR count). The monoisotopic (exact) mass is 343 g/mol. The Morgan fingerprint density at radius 3 is 2.55 bits per heavy atom. The minimum absolute atomic E-state index is 0.356. The van der Waals surface area contributed by atoms with Gasteiger partial charge in [0.2, 0.25) is 5.91 Å². The van der Waals surface area contributed by atoms with E-state index in [9.17, 15) is 14.0 Å². The number of rotatable bonds is 4. The van der Waals surface area contributed by atoms with Crippen molar-refractivity contribution in [3.63, 3.8) is 0 Å². The summed E-state index contributed by atoms with van der Waals surface area (Å²) >= 11 is 3.10. The highest BCUT2D eigenvalue weighted by atomic mass is 79.9. The Bertz CT molecular complexity index is 584. The van der Waals surface area contributed by atoms with E-state index in [0.717, 1.165) is 5.56 Å². The van der Waals surface area contributed by atoms with Crippen molar-refractivity contribution in [1.82, 2.24) is 5.32 Å². The summed E-state index contributed by atoms with van der Waals surface area (Å²) in [6.45, 7) is 3.53. The van der Waals surface area contributed by atoms with Crippen LogP contribution in [-0.2, 0) is 9.59 Å². The zero-order chi connectivity index (χ0) is 15.1. The van der Waals surface area contributed by atoms with Crippen LogP contribution in [0, 0.1) is 18.2 Å². The van der Waals surface area contributed by atoms with Gasteiger partial charge in [0.25, 0.3) is 0 Å². The third kappa shape index (κ3) is 2.57. The van der Waals surface area contributed by atoms with Crippen LogP contribution in [0.25, 0.3) is 0 Å². The van der Waals surface area contributed by atoms with Crippen molar-refractivity contribution < 1.29 is 19.1 Å². The van der Waals surface area contributed by atoms with Gasteiger partial charge in [-0.3, -0.25) is 9.59 Å². The zero-order valence-corrected chi connectivity index (χ0v) is 12.8. The quantitative estimate of drug-likeness (QED) is 0.826. The Hall–Kier alpha value is -1.43. The predicted molar refractivity (Wildman–Crippen MR) is 74.7 cm³/mol. The van der Waals surface area contributed by atoms with Gasteiger partial charge in [0, 0.05) is 0 Å². The van der Waals surface area contributed by atoms with E-state index in [2.05, 4.69) is 21.2 Å². The van der Waals surface area contributed by atoms with Crippen LogP contribution in [0.5, 0.6) is 0 Å². The van der Waals surface area contributed by atoms with Crippen LogP contribution >= 0.6 is 15.9 Å². The first-order chi connectivity index (χ1) is 9.28. The summed E-state index contributed by atoms with van der Waals surface area (Å²) in [5, 5.41) is 11.7. The molecule has 0 aromatic heterocycles. The van der Waals surface area contributed by atoms with E-state index < -0.39 is 29.2 Å². The molecule has 1 aromatic rings. The lowest BCUT2D eigenvalue weighted by molar-refractivity contribution is -0.149. The number of aliphatic carboxylic acids is 1. The van der Waals surface area contributed by atoms with Crippen LogP contribution in [0.4, 0.5) is 4.39 Å². The number of benzene rings is 1. The maximum absolute atomic E-state index is 13.6. The average molecular weight is 344 g/mol. The van der Waals surface area contributed by atoms with Crippen molar-refractivity contribution in [3.8, 4) is 0 Å². The van der Waals surface area contributed by atoms with E-state index >= 15 is 0 Å². The number of hydrogen-bond donors (Lipinski definition) is 2. The molecule has 1 atom stereocenters. The smallest absolute Gasteiger partial charge is 0.319 e. The highest BCUT2D eigenvalue weighted by Gasteiger charge is 2.57. The third-order valence-electron chi connectivity index (χ3n) is 3.72. The van der Waals surface area contributed by atoms with Gasteiger partial charge in [0.1, 0.15) is 11.2 Å². The first-order valence-corrected chi connectivity index (χ1v) is 7.07. The van der Waals surface area contributed by atoms with Crippen molar-refractivity contribution in [3.05, 3.63) is 33.5 Å². The van der Waals surface area contributed by atoms with Crippen LogP contribution in [0.1, 0.15) is 36.9 Å². The Balaban J connectivity index is 2.17. The fourth-order valence-electron chi connectivity index (χ4n) is 2.20. The topological polar surface area (TPSA) is 66.4 Å². The van der Waals surface area contributed by atoms with E-state index in [1.807, 2.05) is 6.92 Å². The lowest BCUT2D eigenvalue weighted by Gasteiger charge is -2.19. The van der Waals surface area contributed by atoms with E-state index in [1.54, 1.807) is 13.0 Å². The summed E-state index contributed by atoms with van der Waals surface area (Å²) < 4.78 is 13.9. The van der Waals surface area contributed by atoms with Crippen molar-refractivity contribution in [2.75, 3.05) is 0 Å². The predicted octanol–water partition coefficient (Wildman–Crippen LogP) is 2.94. The summed E-state index contributed by atoms with van der Waals surface area (Å²) in [7, 11) is 0. The maximum Gasteiger partial charge on any atom is 0.319 e. The van der Waals surface area contributed by atoms with Gasteiger partial charge in [-0.05, 0) is 65.9 Å². The molecule has 0 unspecified atom stereocenters. The lowest BCUT2D eigenvalue weighted by Crippen LogP contribution is -2.38. The molecule has 1 aromatic carbocycles. The van der Waals surface area contributed by atoms with E-state index in [-0.39, 0.29) is 0 Å². The summed E-state index contributed by atoms with van der Waals surface area (Å²) in [6.07, 6.45) is 0.711. The second-order valence-electron chi connectivity index (χ2n) is 5.21. The van der Waals surface area contributed by atoms with Gasteiger partial charge in [0.15, 0.2) is 0 Å². The van der Waals surface area contributed by atoms with Crippen molar-refractivity contribution in [1.29, 1.82) is 0 Å². The number of aryl methyl sites for hydroxylation is 1. The van der Waals surface area contributed by atoms with Crippen molar-refractivity contribution in [2.24, 2.45) is 5.41 Å². The zero-order valence-electron chi connectivity index (χ0n) is 11.2. The molecule has 0 radical (unpaired) electrons. The molecule has 20 heavy (non-hydrogen) atoms. The summed E-state index contributed by atoms with van der Waals surface area (Å²) in [4.78, 5) is 23.1. The molecule has 1 amide bonds. The fraction of sp³-hybridized carbons (Fsp3) is 0.429. The summed E-state index contributed by atoms with van der Waals surface area (Å²) in [6, 6.07) is 2.55. The molecule has 1 fully saturated rings. The van der Waals surface area contributed by atoms with E-state index in [0.29, 0.717) is 22.9 Å². The van der Waals surface area contributed by atoms with Crippen molar-refractivity contribution >= 4 is 27.8 Å². The fourth-order valence-corrected chi connectivity index (χ4v) is 2.66. The Morgan fingerprint density at radius 1 is 1.45 bits per heavy atom. The Labute approximate surface area is 124 Å². The SMILES string of the molecule is Cc1cc(Br)c(F)cc1[C@H](C)NC(=O)C1(C(=O)O)CC1. The van der Waals surface area contributed by atoms with Gasteiger partial charge in [0.05, 0.1) is 10.5 Å². The first kappa shape index (κ1) is 15.0. The minimum Gasteiger partial charge on any atom is -0.480 e. The van der Waals surface area contributed by atoms with Gasteiger partial charge in [-0.2, -0.15) is 0 Å². The summed E-state index contributed by atoms with van der Waals surface area (Å²) in [5.41, 5.74) is 0.183. The van der Waals surface area contributed by atoms with Gasteiger partial charge in [-0.1, -0.05) is 0 Å². The number of halogens is 2. The van der Waals surface area contributed by atoms with Crippen LogP contribution in [0.15, 0.2) is 16.6 Å². The number of amides is 1. The molecule has 6 heteroatoms. The largest absolute Gasteiger partial charge is 0.480 e. The van der Waals surface area contributed by atoms with Crippen LogP contribution in [-0.4, -0.2) is 17.0 Å². The molecule has 0 bridgehead atoms. The van der Waals surface area contributed by atoms with Crippen LogP contribution < -0.4 is 5.32 Å². The third-order valence-corrected chi connectivity index (χ3v) is 4.32. The Kier molecular flexibility index (Phi) is 3.86. The molecule has 0 spiro atoms. The highest BCUT2D eigenvalue weighted by Crippen LogP contribution is 2.46. The molecule has 1 aliphatic rings. The molecule has 0 saturated heterocycles. The highest BCUT2D eigenvalue weighted by molar-refractivity contribution is 9.10. The molecule has 1 saturated carbocycles. The maximum atomic E-state index is 13.6. The van der Waals surface area contributed by atoms with Gasteiger partial charge < -0.3 is 10.4 Å². The average Bonchev–Trinajstić information content (AvgIpc) is 3.14. The van der Waals surface area contributed by atoms with Crippen molar-refractivity contribution in [2.45, 2.75) is 32.7 Å². The number of carbonyl (C=O) groups is 2. The van der Waals surface area contributed by atoms with E-state index in [4.69, 9.17) is 5.11 Å². The first-order valence-electron chi connectivity index (χ1n) is 6.28. The van der Waals surface area contributed by atoms with Gasteiger partial charge in [-0.15, -0.1) is 0 Å². The van der Waals surface area contributed by atoms with Crippen LogP contribution in [0.3, 0.4) is 0 Å². The summed E-state index contributed by atoms with van der Waals surface area (Å²) in [5.74, 6) is -2.01. The number of carbonyl (C=O) groups excluding carboxylic acids is 1. The molecule has 4 nitrogen and oxygen atoms in total. The minimum atomic E-state index is -1.28. The molecular formula is C14H15BrFNO3. The molecular weight excluding hydrogens is 329 g/mol. The number of carboxylic acid groups (broad SMARTS) is 1.